The number of rotatable bonds is 7. The molecule has 1 amide bonds. The highest BCUT2D eigenvalue weighted by atomic mass is 19.1. The molecule has 27 heavy (non-hydrogen) atoms. The summed E-state index contributed by atoms with van der Waals surface area (Å²) < 4.78 is 12.6. The van der Waals surface area contributed by atoms with Crippen LogP contribution in [0.1, 0.15) is 23.1 Å². The lowest BCUT2D eigenvalue weighted by Gasteiger charge is -2.24. The molecule has 0 unspecified atom stereocenters. The number of benzene rings is 1. The third kappa shape index (κ3) is 7.25. The molecule has 1 aromatic heterocycles. The Morgan fingerprint density at radius 3 is 2.22 bits per heavy atom. The maximum absolute atomic E-state index is 12.6. The van der Waals surface area contributed by atoms with E-state index in [-0.39, 0.29) is 5.82 Å². The maximum atomic E-state index is 12.6. The first-order valence-electron chi connectivity index (χ1n) is 9.02. The number of nitrogens with zero attached hydrogens (tertiary/aromatic N) is 3. The van der Waals surface area contributed by atoms with Gasteiger partial charge in [0.25, 0.3) is 0 Å². The molecule has 1 N–H and O–H groups in total. The normalized spacial score (nSPS) is 9.89. The number of aromatic nitrogens is 1. The van der Waals surface area contributed by atoms with Crippen molar-refractivity contribution in [1.82, 2.24) is 9.88 Å². The number of nitrogens with one attached hydrogen (secondary N) is 1. The number of halogens is 1. The Labute approximate surface area is 162 Å². The highest BCUT2D eigenvalue weighted by Crippen LogP contribution is 2.22. The molecule has 0 atom stereocenters. The van der Waals surface area contributed by atoms with Crippen molar-refractivity contribution in [2.24, 2.45) is 0 Å². The molecule has 2 aromatic rings. The molecule has 0 saturated carbocycles. The van der Waals surface area contributed by atoms with Crippen LogP contribution >= 0.6 is 0 Å². The van der Waals surface area contributed by atoms with E-state index in [4.69, 9.17) is 0 Å². The minimum absolute atomic E-state index is 0.154. The largest absolute Gasteiger partial charge is 0.388 e. The van der Waals surface area contributed by atoms with Crippen molar-refractivity contribution in [2.45, 2.75) is 27.2 Å². The molecule has 5 nitrogen and oxygen atoms in total. The summed E-state index contributed by atoms with van der Waals surface area (Å²) >= 11 is 0. The van der Waals surface area contributed by atoms with E-state index in [2.05, 4.69) is 36.1 Å². The van der Waals surface area contributed by atoms with Crippen LogP contribution < -0.4 is 10.2 Å². The van der Waals surface area contributed by atoms with Crippen LogP contribution in [0.25, 0.3) is 0 Å². The second-order valence-corrected chi connectivity index (χ2v) is 6.70. The SMILES string of the molecule is CNc1ccc(F)c(C)c1.Cc1cncc(C)c1N(C)CCCN(C)C=O. The summed E-state index contributed by atoms with van der Waals surface area (Å²) in [5.74, 6) is -0.154. The number of carbonyl (C=O) groups is 1. The van der Waals surface area contributed by atoms with Crippen LogP contribution in [0.15, 0.2) is 30.6 Å². The van der Waals surface area contributed by atoms with E-state index >= 15 is 0 Å². The predicted octanol–water partition coefficient (Wildman–Crippen LogP) is 3.79. The summed E-state index contributed by atoms with van der Waals surface area (Å²) in [7, 11) is 5.69. The Bertz CT molecular complexity index is 716. The van der Waals surface area contributed by atoms with Gasteiger partial charge in [0, 0.05) is 58.0 Å². The summed E-state index contributed by atoms with van der Waals surface area (Å²) in [5.41, 5.74) is 5.24. The minimum atomic E-state index is -0.154. The van der Waals surface area contributed by atoms with Crippen molar-refractivity contribution in [1.29, 1.82) is 0 Å². The summed E-state index contributed by atoms with van der Waals surface area (Å²) in [6.45, 7) is 7.61. The molecule has 0 spiro atoms. The van der Waals surface area contributed by atoms with E-state index in [1.54, 1.807) is 31.0 Å². The summed E-state index contributed by atoms with van der Waals surface area (Å²) in [5, 5.41) is 2.93. The third-order valence-electron chi connectivity index (χ3n) is 4.30. The molecular weight excluding hydrogens is 343 g/mol. The average Bonchev–Trinajstić information content (AvgIpc) is 2.64. The van der Waals surface area contributed by atoms with Gasteiger partial charge in [0.05, 0.1) is 0 Å². The average molecular weight is 375 g/mol. The molecule has 6 heteroatoms. The van der Waals surface area contributed by atoms with Gasteiger partial charge in [-0.15, -0.1) is 0 Å². The zero-order valence-electron chi connectivity index (χ0n) is 17.2. The van der Waals surface area contributed by atoms with E-state index in [1.807, 2.05) is 19.4 Å². The fourth-order valence-corrected chi connectivity index (χ4v) is 2.82. The summed E-state index contributed by atoms with van der Waals surface area (Å²) in [4.78, 5) is 18.5. The van der Waals surface area contributed by atoms with Crippen LogP contribution in [0.4, 0.5) is 15.8 Å². The van der Waals surface area contributed by atoms with Gasteiger partial charge in [0.2, 0.25) is 6.41 Å². The second kappa shape index (κ2) is 11.2. The van der Waals surface area contributed by atoms with Gasteiger partial charge in [0.15, 0.2) is 0 Å². The van der Waals surface area contributed by atoms with E-state index < -0.39 is 0 Å². The first-order valence-corrected chi connectivity index (χ1v) is 9.02. The van der Waals surface area contributed by atoms with Crippen LogP contribution in [0.5, 0.6) is 0 Å². The number of carbonyl (C=O) groups excluding carboxylic acids is 1. The monoisotopic (exact) mass is 374 g/mol. The van der Waals surface area contributed by atoms with E-state index in [0.29, 0.717) is 5.56 Å². The molecule has 148 valence electrons. The number of anilines is 2. The first-order chi connectivity index (χ1) is 12.8. The minimum Gasteiger partial charge on any atom is -0.388 e. The van der Waals surface area contributed by atoms with Gasteiger partial charge in [-0.05, 0) is 62.1 Å². The quantitative estimate of drug-likeness (QED) is 0.749. The number of hydrogen-bond acceptors (Lipinski definition) is 4. The van der Waals surface area contributed by atoms with Crippen LogP contribution in [0.3, 0.4) is 0 Å². The molecule has 1 aromatic carbocycles. The van der Waals surface area contributed by atoms with Crippen LogP contribution in [0.2, 0.25) is 0 Å². The van der Waals surface area contributed by atoms with Gasteiger partial charge < -0.3 is 15.1 Å². The maximum Gasteiger partial charge on any atom is 0.209 e. The fourth-order valence-electron chi connectivity index (χ4n) is 2.82. The molecule has 0 bridgehead atoms. The number of amides is 1. The number of pyridine rings is 1. The van der Waals surface area contributed by atoms with E-state index in [1.165, 1.54) is 22.9 Å². The molecule has 0 saturated heterocycles. The highest BCUT2D eigenvalue weighted by Gasteiger charge is 2.08. The molecule has 1 heterocycles. The van der Waals surface area contributed by atoms with Gasteiger partial charge >= 0.3 is 0 Å². The smallest absolute Gasteiger partial charge is 0.209 e. The van der Waals surface area contributed by atoms with Gasteiger partial charge in [0.1, 0.15) is 5.82 Å². The number of aryl methyl sites for hydroxylation is 3. The molecule has 0 aliphatic rings. The van der Waals surface area contributed by atoms with Crippen molar-refractivity contribution in [3.05, 3.63) is 53.1 Å². The Balaban J connectivity index is 0.000000309. The van der Waals surface area contributed by atoms with Crippen LogP contribution in [0, 0.1) is 26.6 Å². The lowest BCUT2D eigenvalue weighted by Crippen LogP contribution is -2.25. The Kier molecular flexibility index (Phi) is 9.26. The van der Waals surface area contributed by atoms with Gasteiger partial charge in [-0.3, -0.25) is 9.78 Å². The van der Waals surface area contributed by atoms with Crippen molar-refractivity contribution in [3.63, 3.8) is 0 Å². The molecule has 2 rings (SSSR count). The molecule has 0 fully saturated rings. The standard InChI is InChI=1S/C13H21N3O.C8H10FN/c1-11-8-14-9-12(2)13(11)16(4)7-5-6-15(3)10-17;1-6-5-7(10-2)3-4-8(6)9/h8-10H,5-7H2,1-4H3;3-5,10H,1-2H3. The predicted molar refractivity (Wildman–Crippen MR) is 111 cm³/mol. The van der Waals surface area contributed by atoms with Gasteiger partial charge in [-0.25, -0.2) is 4.39 Å². The van der Waals surface area contributed by atoms with Crippen molar-refractivity contribution in [2.75, 3.05) is 44.4 Å². The fraction of sp³-hybridized carbons (Fsp3) is 0.429. The lowest BCUT2D eigenvalue weighted by atomic mass is 10.1. The lowest BCUT2D eigenvalue weighted by molar-refractivity contribution is -0.117. The zero-order chi connectivity index (χ0) is 20.4. The Morgan fingerprint density at radius 2 is 1.70 bits per heavy atom. The Morgan fingerprint density at radius 1 is 1.07 bits per heavy atom. The van der Waals surface area contributed by atoms with Crippen molar-refractivity contribution >= 4 is 17.8 Å². The summed E-state index contributed by atoms with van der Waals surface area (Å²) in [6, 6.07) is 4.94. The van der Waals surface area contributed by atoms with E-state index in [0.717, 1.165) is 31.6 Å². The van der Waals surface area contributed by atoms with Crippen LogP contribution in [-0.4, -0.2) is 50.5 Å². The third-order valence-corrected chi connectivity index (χ3v) is 4.30. The molecule has 0 aliphatic carbocycles. The van der Waals surface area contributed by atoms with Gasteiger partial charge in [-0.1, -0.05) is 0 Å². The highest BCUT2D eigenvalue weighted by molar-refractivity contribution is 5.56. The zero-order valence-corrected chi connectivity index (χ0v) is 17.2. The molecule has 0 radical (unpaired) electrons. The number of hydrogen-bond donors (Lipinski definition) is 1. The topological polar surface area (TPSA) is 48.5 Å². The molecule has 0 aliphatic heterocycles. The van der Waals surface area contributed by atoms with E-state index in [9.17, 15) is 9.18 Å². The summed E-state index contributed by atoms with van der Waals surface area (Å²) in [6.07, 6.45) is 5.60. The van der Waals surface area contributed by atoms with Crippen molar-refractivity contribution in [3.8, 4) is 0 Å². The first kappa shape index (κ1) is 22.4. The van der Waals surface area contributed by atoms with Crippen molar-refractivity contribution < 1.29 is 9.18 Å². The molecular formula is C21H31FN4O. The second-order valence-electron chi connectivity index (χ2n) is 6.70. The van der Waals surface area contributed by atoms with Gasteiger partial charge in [-0.2, -0.15) is 0 Å². The Hall–Kier alpha value is -2.63. The van der Waals surface area contributed by atoms with Crippen LogP contribution in [-0.2, 0) is 4.79 Å².